The Hall–Kier alpha value is -3.28. The first-order chi connectivity index (χ1) is 11.5. The first-order valence-electron chi connectivity index (χ1n) is 7.25. The van der Waals surface area contributed by atoms with E-state index in [1.54, 1.807) is 6.92 Å². The first-order valence-corrected chi connectivity index (χ1v) is 7.25. The van der Waals surface area contributed by atoms with Gasteiger partial charge in [-0.2, -0.15) is 0 Å². The quantitative estimate of drug-likeness (QED) is 0.357. The van der Waals surface area contributed by atoms with Crippen molar-refractivity contribution >= 4 is 22.9 Å². The molecule has 2 rings (SSSR count). The van der Waals surface area contributed by atoms with E-state index in [1.807, 2.05) is 43.3 Å². The number of hydrogen-bond acceptors (Lipinski definition) is 5. The number of allylic oxidation sites excluding steroid dienone is 2. The van der Waals surface area contributed by atoms with Crippen LogP contribution in [0.3, 0.4) is 0 Å². The minimum Gasteiger partial charge on any atom is -0.313 e. The summed E-state index contributed by atoms with van der Waals surface area (Å²) < 4.78 is 0. The first kappa shape index (κ1) is 17.1. The number of nitrogens with zero attached hydrogens (tertiary/aromatic N) is 2. The number of carbonyl (C=O) groups is 1. The summed E-state index contributed by atoms with van der Waals surface area (Å²) in [6.45, 7) is 3.62. The van der Waals surface area contributed by atoms with Gasteiger partial charge in [0.05, 0.1) is 16.2 Å². The van der Waals surface area contributed by atoms with Crippen molar-refractivity contribution in [3.05, 3.63) is 81.9 Å². The molecule has 24 heavy (non-hydrogen) atoms. The minimum absolute atomic E-state index is 0.0912. The van der Waals surface area contributed by atoms with Gasteiger partial charge in [0, 0.05) is 17.7 Å². The molecule has 0 saturated heterocycles. The molecular weight excluding hydrogens is 308 g/mol. The van der Waals surface area contributed by atoms with Crippen molar-refractivity contribution < 1.29 is 14.6 Å². The normalized spacial score (nSPS) is 11.9. The van der Waals surface area contributed by atoms with Gasteiger partial charge in [0.2, 0.25) is 0 Å². The fourth-order valence-electron chi connectivity index (χ4n) is 2.13. The van der Waals surface area contributed by atoms with Crippen molar-refractivity contribution in [3.8, 4) is 0 Å². The van der Waals surface area contributed by atoms with Crippen LogP contribution >= 0.6 is 0 Å². The minimum atomic E-state index is -0.673. The molecule has 0 aliphatic carbocycles. The lowest BCUT2D eigenvalue weighted by molar-refractivity contribution is -0.384. The Balaban J connectivity index is 2.11. The molecule has 0 saturated carbocycles. The second-order valence-electron chi connectivity index (χ2n) is 4.93. The van der Waals surface area contributed by atoms with E-state index in [4.69, 9.17) is 4.84 Å². The van der Waals surface area contributed by atoms with E-state index in [-0.39, 0.29) is 11.3 Å². The lowest BCUT2D eigenvalue weighted by Gasteiger charge is -2.06. The largest absolute Gasteiger partial charge is 0.365 e. The van der Waals surface area contributed by atoms with Crippen LogP contribution in [0, 0.1) is 10.1 Å². The van der Waals surface area contributed by atoms with E-state index in [2.05, 4.69) is 5.16 Å². The molecular formula is C18H16N2O4. The number of non-ortho nitro benzene ring substituents is 1. The molecule has 0 atom stereocenters. The van der Waals surface area contributed by atoms with Gasteiger partial charge in [-0.25, -0.2) is 4.79 Å². The molecule has 2 aromatic carbocycles. The summed E-state index contributed by atoms with van der Waals surface area (Å²) in [5.41, 5.74) is 2.48. The smallest absolute Gasteiger partial charge is 0.313 e. The average molecular weight is 324 g/mol. The molecule has 0 N–H and O–H groups in total. The zero-order chi connectivity index (χ0) is 17.5. The van der Waals surface area contributed by atoms with E-state index < -0.39 is 10.9 Å². The van der Waals surface area contributed by atoms with Crippen molar-refractivity contribution in [2.45, 2.75) is 13.8 Å². The zero-order valence-electron chi connectivity index (χ0n) is 13.3. The Morgan fingerprint density at radius 2 is 1.71 bits per heavy atom. The number of rotatable bonds is 5. The SMILES string of the molecule is C/C=C(/C(C)=N/OC(=O)c1ccc([N+](=O)[O-])cc1)c1ccccc1. The van der Waals surface area contributed by atoms with E-state index >= 15 is 0 Å². The van der Waals surface area contributed by atoms with Gasteiger partial charge >= 0.3 is 5.97 Å². The van der Waals surface area contributed by atoms with Crippen molar-refractivity contribution in [2.75, 3.05) is 0 Å². The van der Waals surface area contributed by atoms with Crippen molar-refractivity contribution in [2.24, 2.45) is 5.16 Å². The Morgan fingerprint density at radius 1 is 1.08 bits per heavy atom. The van der Waals surface area contributed by atoms with Crippen LogP contribution in [0.4, 0.5) is 5.69 Å². The van der Waals surface area contributed by atoms with Gasteiger partial charge in [0.1, 0.15) is 0 Å². The summed E-state index contributed by atoms with van der Waals surface area (Å²) in [4.78, 5) is 27.0. The highest BCUT2D eigenvalue weighted by Crippen LogP contribution is 2.17. The number of benzene rings is 2. The molecule has 0 bridgehead atoms. The van der Waals surface area contributed by atoms with Crippen molar-refractivity contribution in [3.63, 3.8) is 0 Å². The number of oxime groups is 1. The van der Waals surface area contributed by atoms with Gasteiger partial charge in [-0.05, 0) is 31.5 Å². The highest BCUT2D eigenvalue weighted by atomic mass is 16.7. The topological polar surface area (TPSA) is 81.8 Å². The third-order valence-corrected chi connectivity index (χ3v) is 3.34. The van der Waals surface area contributed by atoms with Crippen LogP contribution in [0.1, 0.15) is 29.8 Å². The third kappa shape index (κ3) is 4.13. The summed E-state index contributed by atoms with van der Waals surface area (Å²) in [5, 5.41) is 14.5. The average Bonchev–Trinajstić information content (AvgIpc) is 2.61. The number of nitro benzene ring substituents is 1. The van der Waals surface area contributed by atoms with Crippen molar-refractivity contribution in [1.29, 1.82) is 0 Å². The second kappa shape index (κ2) is 7.82. The second-order valence-corrected chi connectivity index (χ2v) is 4.93. The Bertz CT molecular complexity index is 794. The van der Waals surface area contributed by atoms with Crippen LogP contribution in [0.15, 0.2) is 65.8 Å². The van der Waals surface area contributed by atoms with Gasteiger partial charge in [-0.1, -0.05) is 41.6 Å². The summed E-state index contributed by atoms with van der Waals surface area (Å²) >= 11 is 0. The molecule has 0 fully saturated rings. The molecule has 0 spiro atoms. The number of nitro groups is 1. The van der Waals surface area contributed by atoms with Gasteiger partial charge in [0.15, 0.2) is 0 Å². The summed E-state index contributed by atoms with van der Waals surface area (Å²) in [7, 11) is 0. The molecule has 0 aliphatic rings. The van der Waals surface area contributed by atoms with Gasteiger partial charge < -0.3 is 4.84 Å². The molecule has 2 aromatic rings. The van der Waals surface area contributed by atoms with Gasteiger partial charge in [0.25, 0.3) is 5.69 Å². The standard InChI is InChI=1S/C18H16N2O4/c1-3-17(14-7-5-4-6-8-14)13(2)19-24-18(21)15-9-11-16(12-10-15)20(22)23/h3-12H,1-2H3/b17-3-,19-13+. The van der Waals surface area contributed by atoms with Crippen molar-refractivity contribution in [1.82, 2.24) is 0 Å². The van der Waals surface area contributed by atoms with Crippen LogP contribution in [0.2, 0.25) is 0 Å². The Kier molecular flexibility index (Phi) is 5.57. The molecule has 0 aliphatic heterocycles. The molecule has 0 radical (unpaired) electrons. The number of hydrogen-bond donors (Lipinski definition) is 0. The van der Waals surface area contributed by atoms with Crippen LogP contribution in [0.5, 0.6) is 0 Å². The fourth-order valence-corrected chi connectivity index (χ4v) is 2.13. The lowest BCUT2D eigenvalue weighted by atomic mass is 10.0. The maximum Gasteiger partial charge on any atom is 0.365 e. The van der Waals surface area contributed by atoms with Gasteiger partial charge in [-0.3, -0.25) is 10.1 Å². The van der Waals surface area contributed by atoms with Crippen LogP contribution in [0.25, 0.3) is 5.57 Å². The zero-order valence-corrected chi connectivity index (χ0v) is 13.3. The summed E-state index contributed by atoms with van der Waals surface area (Å²) in [5.74, 6) is -0.673. The van der Waals surface area contributed by atoms with E-state index in [0.29, 0.717) is 5.71 Å². The Morgan fingerprint density at radius 3 is 2.25 bits per heavy atom. The highest BCUT2D eigenvalue weighted by Gasteiger charge is 2.11. The van der Waals surface area contributed by atoms with E-state index in [1.165, 1.54) is 24.3 Å². The lowest BCUT2D eigenvalue weighted by Crippen LogP contribution is -2.04. The monoisotopic (exact) mass is 324 g/mol. The van der Waals surface area contributed by atoms with E-state index in [9.17, 15) is 14.9 Å². The van der Waals surface area contributed by atoms with Crippen LogP contribution in [-0.4, -0.2) is 16.6 Å². The molecule has 0 amide bonds. The predicted molar refractivity (Wildman–Crippen MR) is 91.7 cm³/mol. The highest BCUT2D eigenvalue weighted by molar-refractivity contribution is 6.22. The van der Waals surface area contributed by atoms with E-state index in [0.717, 1.165) is 11.1 Å². The molecule has 0 heterocycles. The molecule has 6 heteroatoms. The summed E-state index contributed by atoms with van der Waals surface area (Å²) in [6, 6.07) is 14.8. The van der Waals surface area contributed by atoms with Crippen LogP contribution in [-0.2, 0) is 4.84 Å². The van der Waals surface area contributed by atoms with Gasteiger partial charge in [-0.15, -0.1) is 0 Å². The molecule has 0 unspecified atom stereocenters. The number of carbonyl (C=O) groups excluding carboxylic acids is 1. The molecule has 6 nitrogen and oxygen atoms in total. The maximum absolute atomic E-state index is 12.0. The third-order valence-electron chi connectivity index (χ3n) is 3.34. The molecule has 122 valence electrons. The maximum atomic E-state index is 12.0. The fraction of sp³-hybridized carbons (Fsp3) is 0.111. The summed E-state index contributed by atoms with van der Waals surface area (Å²) in [6.07, 6.45) is 1.88. The Labute approximate surface area is 139 Å². The molecule has 0 aromatic heterocycles. The van der Waals surface area contributed by atoms with Crippen LogP contribution < -0.4 is 0 Å². The predicted octanol–water partition coefficient (Wildman–Crippen LogP) is 4.23.